The number of aryl methyl sites for hydroxylation is 2. The third-order valence-electron chi connectivity index (χ3n) is 4.89. The largest absolute Gasteiger partial charge is 0.400 e. The summed E-state index contributed by atoms with van der Waals surface area (Å²) in [6.07, 6.45) is -0.338. The number of fused-ring (bicyclic) bond motifs is 1. The summed E-state index contributed by atoms with van der Waals surface area (Å²) in [7, 11) is -1.21. The maximum atomic E-state index is 11.0. The van der Waals surface area contributed by atoms with Gasteiger partial charge >= 0.3 is 0 Å². The van der Waals surface area contributed by atoms with Gasteiger partial charge in [0.15, 0.2) is 19.5 Å². The van der Waals surface area contributed by atoms with Crippen LogP contribution >= 0.6 is 0 Å². The molecule has 6 heteroatoms. The minimum Gasteiger partial charge on any atom is -0.400 e. The number of pyridine rings is 1. The van der Waals surface area contributed by atoms with E-state index in [-0.39, 0.29) is 6.29 Å². The first-order valence-electron chi connectivity index (χ1n) is 9.08. The molecule has 2 aromatic rings. The van der Waals surface area contributed by atoms with Crippen molar-refractivity contribution in [1.29, 1.82) is 0 Å². The molecule has 1 aromatic carbocycles. The van der Waals surface area contributed by atoms with Crippen LogP contribution in [0.4, 0.5) is 0 Å². The molecule has 0 aliphatic rings. The molecule has 0 spiro atoms. The fraction of sp³-hybridized carbons (Fsp3) is 0.526. The Morgan fingerprint density at radius 3 is 2.40 bits per heavy atom. The SMILES string of the molecule is C[SiH2]OC(O[SiH2]C)C(C)(C)C(O)Cc1cccc2cc(C)c(C)nc12. The van der Waals surface area contributed by atoms with Gasteiger partial charge in [0.2, 0.25) is 0 Å². The summed E-state index contributed by atoms with van der Waals surface area (Å²) >= 11 is 0. The summed E-state index contributed by atoms with van der Waals surface area (Å²) in [6, 6.07) is 8.34. The lowest BCUT2D eigenvalue weighted by molar-refractivity contribution is -0.129. The van der Waals surface area contributed by atoms with Crippen LogP contribution in [0.1, 0.15) is 30.7 Å². The fourth-order valence-electron chi connectivity index (χ4n) is 3.03. The number of hydrogen-bond donors (Lipinski definition) is 1. The Hall–Kier alpha value is -1.06. The molecule has 1 N–H and O–H groups in total. The van der Waals surface area contributed by atoms with E-state index in [1.54, 1.807) is 0 Å². The van der Waals surface area contributed by atoms with Gasteiger partial charge in [0.05, 0.1) is 11.6 Å². The number of rotatable bonds is 8. The third kappa shape index (κ3) is 4.57. The maximum Gasteiger partial charge on any atom is 0.161 e. The Kier molecular flexibility index (Phi) is 6.93. The molecule has 0 fully saturated rings. The number of nitrogens with zero attached hydrogens (tertiary/aromatic N) is 1. The van der Waals surface area contributed by atoms with Crippen molar-refractivity contribution in [2.75, 3.05) is 0 Å². The zero-order chi connectivity index (χ0) is 18.6. The molecule has 0 saturated carbocycles. The van der Waals surface area contributed by atoms with Crippen LogP contribution in [0, 0.1) is 19.3 Å². The molecule has 0 bridgehead atoms. The Labute approximate surface area is 155 Å². The normalized spacial score (nSPS) is 15.6. The van der Waals surface area contributed by atoms with Gasteiger partial charge in [-0.15, -0.1) is 0 Å². The highest BCUT2D eigenvalue weighted by molar-refractivity contribution is 6.26. The van der Waals surface area contributed by atoms with Crippen LogP contribution in [0.15, 0.2) is 24.3 Å². The highest BCUT2D eigenvalue weighted by atomic mass is 28.2. The molecule has 2 rings (SSSR count). The van der Waals surface area contributed by atoms with E-state index >= 15 is 0 Å². The summed E-state index contributed by atoms with van der Waals surface area (Å²) in [4.78, 5) is 4.77. The van der Waals surface area contributed by atoms with E-state index in [4.69, 9.17) is 13.8 Å². The fourth-order valence-corrected chi connectivity index (χ4v) is 4.88. The number of hydrogen-bond acceptors (Lipinski definition) is 4. The van der Waals surface area contributed by atoms with Crippen molar-refractivity contribution in [2.45, 2.75) is 59.6 Å². The quantitative estimate of drug-likeness (QED) is 0.567. The minimum atomic E-state index is -0.606. The van der Waals surface area contributed by atoms with Crippen molar-refractivity contribution in [3.05, 3.63) is 41.1 Å². The number of benzene rings is 1. The maximum absolute atomic E-state index is 11.0. The van der Waals surface area contributed by atoms with E-state index < -0.39 is 31.0 Å². The zero-order valence-electron chi connectivity index (χ0n) is 16.3. The second-order valence-electron chi connectivity index (χ2n) is 7.16. The van der Waals surface area contributed by atoms with Gasteiger partial charge < -0.3 is 14.0 Å². The first-order valence-corrected chi connectivity index (χ1v) is 13.1. The molecule has 0 aliphatic heterocycles. The van der Waals surface area contributed by atoms with Crippen LogP contribution in [0.5, 0.6) is 0 Å². The number of para-hydroxylation sites is 1. The molecule has 1 unspecified atom stereocenters. The third-order valence-corrected chi connectivity index (χ3v) is 6.16. The van der Waals surface area contributed by atoms with E-state index in [2.05, 4.69) is 38.2 Å². The van der Waals surface area contributed by atoms with Crippen LogP contribution < -0.4 is 0 Å². The van der Waals surface area contributed by atoms with E-state index in [9.17, 15) is 5.11 Å². The van der Waals surface area contributed by atoms with Gasteiger partial charge in [0, 0.05) is 22.9 Å². The summed E-state index contributed by atoms with van der Waals surface area (Å²) < 4.78 is 11.8. The predicted molar refractivity (Wildman–Crippen MR) is 109 cm³/mol. The first kappa shape index (κ1) is 20.3. The topological polar surface area (TPSA) is 51.6 Å². The molecule has 0 amide bonds. The number of aliphatic hydroxyl groups is 1. The number of aliphatic hydroxyl groups excluding tert-OH is 1. The Morgan fingerprint density at radius 1 is 1.16 bits per heavy atom. The minimum absolute atomic E-state index is 0.317. The van der Waals surface area contributed by atoms with E-state index in [1.807, 2.05) is 26.8 Å². The Bertz CT molecular complexity index is 715. The number of aromatic nitrogens is 1. The van der Waals surface area contributed by atoms with Crippen LogP contribution in [-0.2, 0) is 15.3 Å². The van der Waals surface area contributed by atoms with Crippen LogP contribution in [0.25, 0.3) is 10.9 Å². The predicted octanol–water partition coefficient (Wildman–Crippen LogP) is 2.40. The molecule has 4 nitrogen and oxygen atoms in total. The molecular weight excluding hydrogens is 346 g/mol. The summed E-state index contributed by atoms with van der Waals surface area (Å²) in [5, 5.41) is 12.1. The molecule has 0 aliphatic carbocycles. The lowest BCUT2D eigenvalue weighted by Crippen LogP contribution is -2.45. The van der Waals surface area contributed by atoms with Gasteiger partial charge in [0.25, 0.3) is 0 Å². The van der Waals surface area contributed by atoms with Gasteiger partial charge in [-0.2, -0.15) is 0 Å². The van der Waals surface area contributed by atoms with Crippen LogP contribution in [0.2, 0.25) is 13.1 Å². The molecular formula is C19H31NO3Si2. The highest BCUT2D eigenvalue weighted by Crippen LogP contribution is 2.32. The molecule has 25 heavy (non-hydrogen) atoms. The van der Waals surface area contributed by atoms with Gasteiger partial charge in [-0.1, -0.05) is 45.1 Å². The van der Waals surface area contributed by atoms with E-state index in [0.29, 0.717) is 6.42 Å². The second kappa shape index (κ2) is 8.55. The first-order chi connectivity index (χ1) is 11.8. The molecule has 138 valence electrons. The van der Waals surface area contributed by atoms with E-state index in [0.717, 1.165) is 22.2 Å². The molecule has 0 saturated heterocycles. The van der Waals surface area contributed by atoms with Crippen LogP contribution in [-0.4, -0.2) is 42.0 Å². The summed E-state index contributed by atoms with van der Waals surface area (Å²) in [6.45, 7) is 12.4. The monoisotopic (exact) mass is 377 g/mol. The van der Waals surface area contributed by atoms with Crippen molar-refractivity contribution in [1.82, 2.24) is 4.98 Å². The summed E-state index contributed by atoms with van der Waals surface area (Å²) in [5.74, 6) is 0. The van der Waals surface area contributed by atoms with Gasteiger partial charge in [-0.05, 0) is 31.0 Å². The Balaban J connectivity index is 2.31. The van der Waals surface area contributed by atoms with Crippen molar-refractivity contribution in [3.63, 3.8) is 0 Å². The summed E-state index contributed by atoms with van der Waals surface area (Å²) in [5.41, 5.74) is 3.81. The highest BCUT2D eigenvalue weighted by Gasteiger charge is 2.37. The van der Waals surface area contributed by atoms with E-state index in [1.165, 1.54) is 5.56 Å². The average Bonchev–Trinajstić information content (AvgIpc) is 2.56. The van der Waals surface area contributed by atoms with Crippen molar-refractivity contribution < 1.29 is 14.0 Å². The van der Waals surface area contributed by atoms with Gasteiger partial charge in [0.1, 0.15) is 6.29 Å². The lowest BCUT2D eigenvalue weighted by Gasteiger charge is -2.38. The zero-order valence-corrected chi connectivity index (χ0v) is 19.1. The molecule has 1 heterocycles. The second-order valence-corrected chi connectivity index (χ2v) is 8.98. The van der Waals surface area contributed by atoms with Crippen molar-refractivity contribution in [3.8, 4) is 0 Å². The van der Waals surface area contributed by atoms with Gasteiger partial charge in [-0.25, -0.2) is 0 Å². The van der Waals surface area contributed by atoms with Crippen LogP contribution in [0.3, 0.4) is 0 Å². The molecule has 1 atom stereocenters. The smallest absolute Gasteiger partial charge is 0.161 e. The average molecular weight is 378 g/mol. The van der Waals surface area contributed by atoms with Crippen molar-refractivity contribution >= 4 is 30.4 Å². The van der Waals surface area contributed by atoms with Crippen molar-refractivity contribution in [2.24, 2.45) is 5.41 Å². The molecule has 0 radical (unpaired) electrons. The Morgan fingerprint density at radius 2 is 1.80 bits per heavy atom. The van der Waals surface area contributed by atoms with Gasteiger partial charge in [-0.3, -0.25) is 4.98 Å². The standard InChI is InChI=1S/C19H31NO3Si2/c1-12-10-14-8-7-9-15(17(14)20-13(12)2)11-16(21)19(3,4)18(22-24-5)23-25-6/h7-10,16,18,21H,11,24-25H2,1-6H3. The lowest BCUT2D eigenvalue weighted by atomic mass is 9.82. The molecule has 1 aromatic heterocycles.